The predicted octanol–water partition coefficient (Wildman–Crippen LogP) is 1.46. The first-order valence-electron chi connectivity index (χ1n) is 8.90. The molecule has 0 radical (unpaired) electrons. The highest BCUT2D eigenvalue weighted by molar-refractivity contribution is 5.80. The molecule has 140 valence electrons. The molecule has 1 aliphatic heterocycles. The van der Waals surface area contributed by atoms with Crippen LogP contribution in [0.4, 0.5) is 4.39 Å². The molecule has 1 saturated heterocycles. The van der Waals surface area contributed by atoms with Crippen LogP contribution in [0.3, 0.4) is 0 Å². The summed E-state index contributed by atoms with van der Waals surface area (Å²) in [5.74, 6) is 0.316. The summed E-state index contributed by atoms with van der Waals surface area (Å²) in [5.41, 5.74) is 0.878. The van der Waals surface area contributed by atoms with Gasteiger partial charge < -0.3 is 9.80 Å². The van der Waals surface area contributed by atoms with Gasteiger partial charge in [-0.2, -0.15) is 0 Å². The summed E-state index contributed by atoms with van der Waals surface area (Å²) in [7, 11) is 4.15. The second-order valence-electron chi connectivity index (χ2n) is 7.04. The molecular formula is C18H25FN6O. The Morgan fingerprint density at radius 2 is 1.92 bits per heavy atom. The molecule has 1 aliphatic rings. The molecule has 3 rings (SSSR count). The molecule has 0 aliphatic carbocycles. The Kier molecular flexibility index (Phi) is 5.61. The highest BCUT2D eigenvalue weighted by Gasteiger charge is 2.31. The molecule has 1 aromatic carbocycles. The molecule has 1 amide bonds. The molecule has 1 aromatic heterocycles. The maximum Gasteiger partial charge on any atom is 0.247 e. The zero-order valence-electron chi connectivity index (χ0n) is 15.5. The standard InChI is InChI=1S/C18H25FN6O/c1-13-20-21-22-25(13)17(12-14-4-6-15(19)7-5-14)18(26)24-10-8-16(9-11-24)23(2)3/h4-7,16-17H,8-12H2,1-3H3/t17-/m0/s1. The number of tetrazole rings is 1. The van der Waals surface area contributed by atoms with E-state index in [1.54, 1.807) is 23.7 Å². The monoisotopic (exact) mass is 360 g/mol. The number of halogens is 1. The Labute approximate surface area is 152 Å². The molecule has 2 aromatic rings. The first-order chi connectivity index (χ1) is 12.5. The number of piperidine rings is 1. The Morgan fingerprint density at radius 1 is 1.27 bits per heavy atom. The fourth-order valence-corrected chi connectivity index (χ4v) is 3.46. The van der Waals surface area contributed by atoms with Gasteiger partial charge >= 0.3 is 0 Å². The van der Waals surface area contributed by atoms with Gasteiger partial charge in [0.15, 0.2) is 0 Å². The van der Waals surface area contributed by atoms with Crippen molar-refractivity contribution >= 4 is 5.91 Å². The SMILES string of the molecule is Cc1nnnn1[C@@H](Cc1ccc(F)cc1)C(=O)N1CCC(N(C)C)CC1. The van der Waals surface area contributed by atoms with Crippen LogP contribution in [-0.4, -0.2) is 69.1 Å². The minimum absolute atomic E-state index is 0.0157. The van der Waals surface area contributed by atoms with E-state index in [2.05, 4.69) is 34.5 Å². The van der Waals surface area contributed by atoms with Gasteiger partial charge in [-0.25, -0.2) is 9.07 Å². The molecule has 0 saturated carbocycles. The van der Waals surface area contributed by atoms with Gasteiger partial charge in [-0.15, -0.1) is 5.10 Å². The van der Waals surface area contributed by atoms with Crippen LogP contribution >= 0.6 is 0 Å². The second kappa shape index (κ2) is 7.90. The van der Waals surface area contributed by atoms with Gasteiger partial charge in [0.05, 0.1) is 0 Å². The van der Waals surface area contributed by atoms with Gasteiger partial charge in [0.25, 0.3) is 0 Å². The third-order valence-electron chi connectivity index (χ3n) is 5.09. The van der Waals surface area contributed by atoms with E-state index in [1.165, 1.54) is 12.1 Å². The quantitative estimate of drug-likeness (QED) is 0.808. The van der Waals surface area contributed by atoms with Crippen LogP contribution < -0.4 is 0 Å². The zero-order chi connectivity index (χ0) is 18.7. The van der Waals surface area contributed by atoms with Crippen molar-refractivity contribution in [3.8, 4) is 0 Å². The summed E-state index contributed by atoms with van der Waals surface area (Å²) in [5, 5.41) is 11.6. The maximum absolute atomic E-state index is 13.2. The predicted molar refractivity (Wildman–Crippen MR) is 95.0 cm³/mol. The molecule has 0 N–H and O–H groups in total. The van der Waals surface area contributed by atoms with Crippen LogP contribution in [0.15, 0.2) is 24.3 Å². The van der Waals surface area contributed by atoms with Crippen LogP contribution in [0.5, 0.6) is 0 Å². The first kappa shape index (κ1) is 18.4. The number of likely N-dealkylation sites (tertiary alicyclic amines) is 1. The first-order valence-corrected chi connectivity index (χ1v) is 8.90. The number of rotatable bonds is 5. The van der Waals surface area contributed by atoms with Crippen molar-refractivity contribution in [2.45, 2.75) is 38.3 Å². The smallest absolute Gasteiger partial charge is 0.247 e. The summed E-state index contributed by atoms with van der Waals surface area (Å²) in [6.45, 7) is 3.23. The van der Waals surface area contributed by atoms with Crippen LogP contribution in [-0.2, 0) is 11.2 Å². The Balaban J connectivity index is 1.78. The Morgan fingerprint density at radius 3 is 2.46 bits per heavy atom. The highest BCUT2D eigenvalue weighted by Crippen LogP contribution is 2.22. The molecule has 1 fully saturated rings. The fourth-order valence-electron chi connectivity index (χ4n) is 3.46. The fraction of sp³-hybridized carbons (Fsp3) is 0.556. The summed E-state index contributed by atoms with van der Waals surface area (Å²) < 4.78 is 14.8. The number of carbonyl (C=O) groups is 1. The molecule has 1 atom stereocenters. The minimum atomic E-state index is -0.522. The van der Waals surface area contributed by atoms with Crippen molar-refractivity contribution in [1.82, 2.24) is 30.0 Å². The van der Waals surface area contributed by atoms with Crippen molar-refractivity contribution < 1.29 is 9.18 Å². The third kappa shape index (κ3) is 4.07. The van der Waals surface area contributed by atoms with E-state index in [0.29, 0.717) is 18.3 Å². The number of nitrogens with zero attached hydrogens (tertiary/aromatic N) is 6. The zero-order valence-corrected chi connectivity index (χ0v) is 15.5. The van der Waals surface area contributed by atoms with E-state index >= 15 is 0 Å². The van der Waals surface area contributed by atoms with E-state index in [-0.39, 0.29) is 11.7 Å². The summed E-state index contributed by atoms with van der Waals surface area (Å²) in [6, 6.07) is 6.20. The molecule has 0 unspecified atom stereocenters. The largest absolute Gasteiger partial charge is 0.341 e. The lowest BCUT2D eigenvalue weighted by molar-refractivity contribution is -0.136. The molecule has 2 heterocycles. The van der Waals surface area contributed by atoms with Crippen LogP contribution in [0.25, 0.3) is 0 Å². The maximum atomic E-state index is 13.2. The number of aryl methyl sites for hydroxylation is 1. The van der Waals surface area contributed by atoms with E-state index in [9.17, 15) is 9.18 Å². The second-order valence-corrected chi connectivity index (χ2v) is 7.04. The van der Waals surface area contributed by atoms with Gasteiger partial charge in [0.2, 0.25) is 5.91 Å². The van der Waals surface area contributed by atoms with Gasteiger partial charge in [-0.1, -0.05) is 12.1 Å². The van der Waals surface area contributed by atoms with Crippen LogP contribution in [0.1, 0.15) is 30.3 Å². The summed E-state index contributed by atoms with van der Waals surface area (Å²) in [4.78, 5) is 17.3. The Bertz CT molecular complexity index is 736. The average molecular weight is 360 g/mol. The van der Waals surface area contributed by atoms with Gasteiger partial charge in [0.1, 0.15) is 17.7 Å². The number of aromatic nitrogens is 4. The van der Waals surface area contributed by atoms with E-state index in [1.807, 2.05) is 4.90 Å². The van der Waals surface area contributed by atoms with Crippen molar-refractivity contribution in [2.24, 2.45) is 0 Å². The normalized spacial score (nSPS) is 16.9. The van der Waals surface area contributed by atoms with Gasteiger partial charge in [0, 0.05) is 25.6 Å². The summed E-state index contributed by atoms with van der Waals surface area (Å²) >= 11 is 0. The average Bonchev–Trinajstić information content (AvgIpc) is 3.06. The van der Waals surface area contributed by atoms with Crippen molar-refractivity contribution in [2.75, 3.05) is 27.2 Å². The topological polar surface area (TPSA) is 67.2 Å². The minimum Gasteiger partial charge on any atom is -0.341 e. The molecule has 0 spiro atoms. The van der Waals surface area contributed by atoms with Gasteiger partial charge in [-0.05, 0) is 62.0 Å². The van der Waals surface area contributed by atoms with E-state index in [4.69, 9.17) is 0 Å². The highest BCUT2D eigenvalue weighted by atomic mass is 19.1. The molecule has 0 bridgehead atoms. The number of benzene rings is 1. The number of hydrogen-bond donors (Lipinski definition) is 0. The third-order valence-corrected chi connectivity index (χ3v) is 5.09. The van der Waals surface area contributed by atoms with Gasteiger partial charge in [-0.3, -0.25) is 4.79 Å². The lowest BCUT2D eigenvalue weighted by Gasteiger charge is -2.36. The van der Waals surface area contributed by atoms with Crippen molar-refractivity contribution in [3.63, 3.8) is 0 Å². The van der Waals surface area contributed by atoms with Crippen LogP contribution in [0.2, 0.25) is 0 Å². The number of carbonyl (C=O) groups excluding carboxylic acids is 1. The Hall–Kier alpha value is -2.35. The van der Waals surface area contributed by atoms with E-state index in [0.717, 1.165) is 31.5 Å². The van der Waals surface area contributed by atoms with Crippen LogP contribution in [0, 0.1) is 12.7 Å². The molecule has 8 heteroatoms. The van der Waals surface area contributed by atoms with Crippen molar-refractivity contribution in [3.05, 3.63) is 41.5 Å². The molecular weight excluding hydrogens is 335 g/mol. The number of hydrogen-bond acceptors (Lipinski definition) is 5. The van der Waals surface area contributed by atoms with E-state index < -0.39 is 6.04 Å². The lowest BCUT2D eigenvalue weighted by atomic mass is 10.0. The molecule has 26 heavy (non-hydrogen) atoms. The molecule has 7 nitrogen and oxygen atoms in total. The lowest BCUT2D eigenvalue weighted by Crippen LogP contribution is -2.47. The summed E-state index contributed by atoms with van der Waals surface area (Å²) in [6.07, 6.45) is 2.34. The van der Waals surface area contributed by atoms with Crippen molar-refractivity contribution in [1.29, 1.82) is 0 Å². The number of amides is 1.